The summed E-state index contributed by atoms with van der Waals surface area (Å²) in [5.41, 5.74) is 0.944. The molecule has 0 radical (unpaired) electrons. The van der Waals surface area contributed by atoms with Crippen molar-refractivity contribution in [2.45, 2.75) is 25.6 Å². The SMILES string of the molecule is O=C(O)c1cn(C2CC2)c2cc(N3CCN(Cn4nc(/N=C/c5ccccc5Br)sc4=S)CC3)c(F)cc2c1=O. The van der Waals surface area contributed by atoms with Gasteiger partial charge < -0.3 is 14.6 Å². The first kappa shape index (κ1) is 26.9. The van der Waals surface area contributed by atoms with Crippen molar-refractivity contribution in [1.82, 2.24) is 19.2 Å². The minimum absolute atomic E-state index is 0.0997. The average molecular weight is 644 g/mol. The third kappa shape index (κ3) is 5.38. The predicted molar refractivity (Wildman–Crippen MR) is 160 cm³/mol. The van der Waals surface area contributed by atoms with Crippen LogP contribution in [0.1, 0.15) is 34.8 Å². The number of fused-ring (bicyclic) bond motifs is 1. The quantitative estimate of drug-likeness (QED) is 0.211. The highest BCUT2D eigenvalue weighted by atomic mass is 79.9. The van der Waals surface area contributed by atoms with E-state index in [2.05, 4.69) is 30.9 Å². The van der Waals surface area contributed by atoms with E-state index < -0.39 is 17.2 Å². The molecule has 1 N–H and O–H groups in total. The van der Waals surface area contributed by atoms with Gasteiger partial charge in [-0.2, -0.15) is 0 Å². The van der Waals surface area contributed by atoms with Gasteiger partial charge in [-0.25, -0.2) is 18.9 Å². The Kier molecular flexibility index (Phi) is 7.38. The molecular weight excluding hydrogens is 619 g/mol. The van der Waals surface area contributed by atoms with Gasteiger partial charge in [0.1, 0.15) is 11.4 Å². The first-order valence-corrected chi connectivity index (χ1v) is 14.8. The lowest BCUT2D eigenvalue weighted by Gasteiger charge is -2.36. The molecule has 0 amide bonds. The van der Waals surface area contributed by atoms with Crippen LogP contribution in [0.3, 0.4) is 0 Å². The average Bonchev–Trinajstić information content (AvgIpc) is 3.72. The van der Waals surface area contributed by atoms with E-state index in [1.165, 1.54) is 23.6 Å². The Morgan fingerprint density at radius 3 is 2.67 bits per heavy atom. The molecule has 0 spiro atoms. The minimum Gasteiger partial charge on any atom is -0.477 e. The highest BCUT2D eigenvalue weighted by molar-refractivity contribution is 9.10. The number of anilines is 1. The molecule has 6 rings (SSSR count). The van der Waals surface area contributed by atoms with E-state index in [0.717, 1.165) is 22.9 Å². The number of benzene rings is 2. The van der Waals surface area contributed by atoms with Crippen molar-refractivity contribution in [3.63, 3.8) is 0 Å². The van der Waals surface area contributed by atoms with Crippen molar-refractivity contribution in [1.29, 1.82) is 0 Å². The molecule has 3 heterocycles. The molecule has 1 aliphatic carbocycles. The van der Waals surface area contributed by atoms with Gasteiger partial charge >= 0.3 is 5.97 Å². The fourth-order valence-corrected chi connectivity index (χ4v) is 6.18. The summed E-state index contributed by atoms with van der Waals surface area (Å²) in [5.74, 6) is -1.83. The van der Waals surface area contributed by atoms with Gasteiger partial charge in [-0.3, -0.25) is 9.69 Å². The summed E-state index contributed by atoms with van der Waals surface area (Å²) < 4.78 is 20.4. The van der Waals surface area contributed by atoms with E-state index in [1.54, 1.807) is 17.0 Å². The Morgan fingerprint density at radius 1 is 1.23 bits per heavy atom. The van der Waals surface area contributed by atoms with Gasteiger partial charge in [0.05, 0.1) is 17.9 Å². The van der Waals surface area contributed by atoms with E-state index in [4.69, 9.17) is 12.2 Å². The van der Waals surface area contributed by atoms with Crippen LogP contribution in [0.2, 0.25) is 0 Å². The standard InChI is InChI=1S/C27H24BrFN6O3S2/c28-20-4-2-1-3-16(20)13-30-26-31-35(27(39)40-26)15-32-7-9-33(10-8-32)23-12-22-18(11-21(23)29)24(36)19(25(37)38)14-34(22)17-5-6-17/h1-4,11-14,17H,5-10,15H2,(H,37,38)/b30-13+. The van der Waals surface area contributed by atoms with Crippen LogP contribution in [0.5, 0.6) is 0 Å². The lowest BCUT2D eigenvalue weighted by molar-refractivity contribution is 0.0695. The second kappa shape index (κ2) is 11.0. The third-order valence-electron chi connectivity index (χ3n) is 7.13. The molecule has 9 nitrogen and oxygen atoms in total. The number of carboxylic acid groups (broad SMARTS) is 1. The van der Waals surface area contributed by atoms with E-state index in [9.17, 15) is 14.7 Å². The van der Waals surface area contributed by atoms with E-state index in [0.29, 0.717) is 53.1 Å². The number of aromatic nitrogens is 3. The maximum Gasteiger partial charge on any atom is 0.341 e. The second-order valence-corrected chi connectivity index (χ2v) is 12.3. The molecule has 40 heavy (non-hydrogen) atoms. The maximum absolute atomic E-state index is 15.3. The monoisotopic (exact) mass is 642 g/mol. The molecule has 0 unspecified atom stereocenters. The van der Waals surface area contributed by atoms with Crippen LogP contribution in [0.15, 0.2) is 56.9 Å². The van der Waals surface area contributed by atoms with Crippen LogP contribution >= 0.6 is 39.5 Å². The second-order valence-electron chi connectivity index (χ2n) is 9.81. The van der Waals surface area contributed by atoms with Crippen LogP contribution in [0.4, 0.5) is 15.2 Å². The molecule has 2 aromatic carbocycles. The number of piperazine rings is 1. The number of hydrogen-bond donors (Lipinski definition) is 1. The fraction of sp³-hybridized carbons (Fsp3) is 0.296. The Hall–Kier alpha value is -3.26. The van der Waals surface area contributed by atoms with Crippen molar-refractivity contribution in [3.8, 4) is 0 Å². The number of carboxylic acids is 1. The van der Waals surface area contributed by atoms with E-state index in [1.807, 2.05) is 33.7 Å². The lowest BCUT2D eigenvalue weighted by atomic mass is 10.1. The zero-order chi connectivity index (χ0) is 28.0. The number of aromatic carboxylic acids is 1. The highest BCUT2D eigenvalue weighted by Crippen LogP contribution is 2.38. The molecule has 1 aliphatic heterocycles. The summed E-state index contributed by atoms with van der Waals surface area (Å²) in [4.78, 5) is 33.0. The Bertz CT molecular complexity index is 1770. The maximum atomic E-state index is 15.3. The summed E-state index contributed by atoms with van der Waals surface area (Å²) in [6, 6.07) is 10.8. The largest absolute Gasteiger partial charge is 0.477 e. The summed E-state index contributed by atoms with van der Waals surface area (Å²) in [6.07, 6.45) is 4.96. The molecule has 206 valence electrons. The van der Waals surface area contributed by atoms with Crippen molar-refractivity contribution in [2.75, 3.05) is 31.1 Å². The number of halogens is 2. The first-order chi connectivity index (χ1) is 19.3. The Labute approximate surface area is 245 Å². The van der Waals surface area contributed by atoms with Gasteiger partial charge in [0.15, 0.2) is 3.95 Å². The molecule has 4 aromatic rings. The van der Waals surface area contributed by atoms with E-state index in [-0.39, 0.29) is 17.0 Å². The van der Waals surface area contributed by atoms with Gasteiger partial charge in [-0.05, 0) is 43.3 Å². The molecule has 2 aliphatic rings. The van der Waals surface area contributed by atoms with Gasteiger partial charge in [0.2, 0.25) is 10.6 Å². The van der Waals surface area contributed by atoms with Gasteiger partial charge in [-0.1, -0.05) is 45.5 Å². The molecule has 0 bridgehead atoms. The molecule has 2 aromatic heterocycles. The molecule has 13 heteroatoms. The summed E-state index contributed by atoms with van der Waals surface area (Å²) >= 11 is 10.4. The normalized spacial score (nSPS) is 16.3. The molecular formula is C27H24BrFN6O3S2. The van der Waals surface area contributed by atoms with Gasteiger partial charge in [0.25, 0.3) is 0 Å². The topological polar surface area (TPSA) is 96.0 Å². The van der Waals surface area contributed by atoms with Crippen molar-refractivity contribution in [3.05, 3.63) is 78.2 Å². The Morgan fingerprint density at radius 2 is 1.98 bits per heavy atom. The number of aliphatic imine (C=N–C) groups is 1. The number of pyridine rings is 1. The smallest absolute Gasteiger partial charge is 0.341 e. The van der Waals surface area contributed by atoms with Crippen molar-refractivity contribution in [2.24, 2.45) is 4.99 Å². The van der Waals surface area contributed by atoms with Crippen LogP contribution < -0.4 is 10.3 Å². The molecule has 1 saturated carbocycles. The number of rotatable bonds is 7. The molecule has 2 fully saturated rings. The summed E-state index contributed by atoms with van der Waals surface area (Å²) in [5, 5.41) is 14.7. The van der Waals surface area contributed by atoms with Crippen LogP contribution in [0.25, 0.3) is 10.9 Å². The highest BCUT2D eigenvalue weighted by Gasteiger charge is 2.28. The molecule has 1 saturated heterocycles. The zero-order valence-electron chi connectivity index (χ0n) is 21.2. The zero-order valence-corrected chi connectivity index (χ0v) is 24.4. The number of nitrogens with zero attached hydrogens (tertiary/aromatic N) is 6. The minimum atomic E-state index is -1.30. The first-order valence-electron chi connectivity index (χ1n) is 12.7. The van der Waals surface area contributed by atoms with Gasteiger partial charge in [-0.15, -0.1) is 5.10 Å². The molecule has 0 atom stereocenters. The van der Waals surface area contributed by atoms with E-state index >= 15 is 4.39 Å². The third-order valence-corrected chi connectivity index (χ3v) is 9.07. The fourth-order valence-electron chi connectivity index (χ4n) is 4.87. The summed E-state index contributed by atoms with van der Waals surface area (Å²) in [6.45, 7) is 2.99. The van der Waals surface area contributed by atoms with Crippen LogP contribution in [0, 0.1) is 9.77 Å². The lowest BCUT2D eigenvalue weighted by Crippen LogP contribution is -2.47. The van der Waals surface area contributed by atoms with Crippen molar-refractivity contribution >= 4 is 73.4 Å². The van der Waals surface area contributed by atoms with Crippen LogP contribution in [-0.4, -0.2) is 62.7 Å². The number of carbonyl (C=O) groups is 1. The Balaban J connectivity index is 1.17. The van der Waals surface area contributed by atoms with Gasteiger partial charge in [0, 0.05) is 60.1 Å². The number of hydrogen-bond acceptors (Lipinski definition) is 8. The summed E-state index contributed by atoms with van der Waals surface area (Å²) in [7, 11) is 0. The van der Waals surface area contributed by atoms with Crippen LogP contribution in [-0.2, 0) is 6.67 Å². The van der Waals surface area contributed by atoms with Crippen molar-refractivity contribution < 1.29 is 14.3 Å². The predicted octanol–water partition coefficient (Wildman–Crippen LogP) is 5.45.